The lowest BCUT2D eigenvalue weighted by Crippen LogP contribution is -2.34. The summed E-state index contributed by atoms with van der Waals surface area (Å²) in [5, 5.41) is 23.0. The second kappa shape index (κ2) is 8.05. The largest absolute Gasteiger partial charge is 0.480 e. The maximum absolute atomic E-state index is 13.0. The van der Waals surface area contributed by atoms with Crippen LogP contribution in [0.2, 0.25) is 5.02 Å². The Balaban J connectivity index is 1.99. The van der Waals surface area contributed by atoms with Crippen molar-refractivity contribution in [2.45, 2.75) is 26.5 Å². The number of aliphatic carboxylic acids is 1. The average Bonchev–Trinajstić information content (AvgIpc) is 3.08. The van der Waals surface area contributed by atoms with Gasteiger partial charge in [0.2, 0.25) is 0 Å². The molecule has 0 aliphatic carbocycles. The maximum atomic E-state index is 13.0. The number of carboxylic acids is 1. The van der Waals surface area contributed by atoms with Crippen molar-refractivity contribution in [3.63, 3.8) is 0 Å². The van der Waals surface area contributed by atoms with Gasteiger partial charge in [-0.15, -0.1) is 10.2 Å². The van der Waals surface area contributed by atoms with E-state index in [-0.39, 0.29) is 23.7 Å². The topological polar surface area (TPSA) is 124 Å². The third-order valence-corrected chi connectivity index (χ3v) is 5.18. The summed E-state index contributed by atoms with van der Waals surface area (Å²) in [5.74, 6) is -1.46. The normalized spacial score (nSPS) is 12.7. The zero-order valence-corrected chi connectivity index (χ0v) is 17.7. The zero-order valence-electron chi connectivity index (χ0n) is 17.0. The quantitative estimate of drug-likeness (QED) is 0.483. The Labute approximate surface area is 181 Å². The van der Waals surface area contributed by atoms with Gasteiger partial charge in [-0.25, -0.2) is 9.78 Å². The van der Waals surface area contributed by atoms with E-state index < -0.39 is 17.6 Å². The van der Waals surface area contributed by atoms with Crippen LogP contribution < -0.4 is 5.56 Å². The van der Waals surface area contributed by atoms with Gasteiger partial charge < -0.3 is 9.84 Å². The van der Waals surface area contributed by atoms with Crippen LogP contribution in [-0.2, 0) is 16.1 Å². The lowest BCUT2D eigenvalue weighted by atomic mass is 10.0. The van der Waals surface area contributed by atoms with Crippen LogP contribution in [0.15, 0.2) is 35.4 Å². The molecule has 11 heteroatoms. The fourth-order valence-corrected chi connectivity index (χ4v) is 3.68. The third-order valence-electron chi connectivity index (χ3n) is 4.93. The fourth-order valence-electron chi connectivity index (χ4n) is 3.55. The van der Waals surface area contributed by atoms with Gasteiger partial charge in [-0.3, -0.25) is 9.36 Å². The molecule has 160 valence electrons. The molecule has 0 radical (unpaired) electrons. The predicted molar refractivity (Wildman–Crippen MR) is 113 cm³/mol. The van der Waals surface area contributed by atoms with Crippen molar-refractivity contribution in [1.82, 2.24) is 29.4 Å². The minimum Gasteiger partial charge on any atom is -0.480 e. The average molecular weight is 443 g/mol. The number of hydrogen-bond acceptors (Lipinski definition) is 7. The van der Waals surface area contributed by atoms with Crippen molar-refractivity contribution in [3.05, 3.63) is 51.7 Å². The summed E-state index contributed by atoms with van der Waals surface area (Å²) < 4.78 is 7.77. The molecule has 3 heterocycles. The van der Waals surface area contributed by atoms with E-state index in [4.69, 9.17) is 16.3 Å². The van der Waals surface area contributed by atoms with Crippen molar-refractivity contribution >= 4 is 34.4 Å². The number of benzene rings is 1. The zero-order chi connectivity index (χ0) is 22.3. The van der Waals surface area contributed by atoms with Gasteiger partial charge in [-0.2, -0.15) is 9.61 Å². The Morgan fingerprint density at radius 2 is 1.90 bits per heavy atom. The highest BCUT2D eigenvalue weighted by atomic mass is 35.5. The first kappa shape index (κ1) is 20.9. The van der Waals surface area contributed by atoms with Gasteiger partial charge in [0.05, 0.1) is 17.9 Å². The van der Waals surface area contributed by atoms with E-state index in [9.17, 15) is 14.7 Å². The third kappa shape index (κ3) is 3.53. The molecule has 0 aliphatic heterocycles. The number of nitrogens with zero attached hydrogens (tertiary/aromatic N) is 6. The number of aromatic nitrogens is 6. The Hall–Kier alpha value is -3.37. The van der Waals surface area contributed by atoms with E-state index in [1.807, 2.05) is 12.1 Å². The maximum Gasteiger partial charge on any atom is 0.327 e. The number of halogens is 1. The molecule has 1 atom stereocenters. The van der Waals surface area contributed by atoms with Gasteiger partial charge in [0.15, 0.2) is 16.8 Å². The molecule has 4 rings (SSSR count). The second-order valence-corrected chi connectivity index (χ2v) is 7.79. The van der Waals surface area contributed by atoms with Crippen LogP contribution in [0.1, 0.15) is 25.6 Å². The first-order chi connectivity index (χ1) is 14.8. The van der Waals surface area contributed by atoms with E-state index in [2.05, 4.69) is 20.3 Å². The Kier molecular flexibility index (Phi) is 5.42. The fraction of sp³-hybridized carbons (Fsp3) is 0.300. The highest BCUT2D eigenvalue weighted by Crippen LogP contribution is 2.29. The van der Waals surface area contributed by atoms with E-state index in [0.717, 1.165) is 10.1 Å². The minimum absolute atomic E-state index is 0.0731. The molecule has 0 fully saturated rings. The predicted octanol–water partition coefficient (Wildman–Crippen LogP) is 2.58. The summed E-state index contributed by atoms with van der Waals surface area (Å²) in [7, 11) is 1.55. The molecule has 31 heavy (non-hydrogen) atoms. The number of ether oxygens (including phenoxy) is 1. The summed E-state index contributed by atoms with van der Waals surface area (Å²) in [6, 6.07) is 6.08. The molecule has 1 aromatic carbocycles. The van der Waals surface area contributed by atoms with Crippen molar-refractivity contribution in [2.24, 2.45) is 5.92 Å². The number of rotatable bonds is 6. The van der Waals surface area contributed by atoms with Gasteiger partial charge in [-0.05, 0) is 23.6 Å². The van der Waals surface area contributed by atoms with Crippen LogP contribution in [0.3, 0.4) is 0 Å². The molecule has 0 saturated heterocycles. The first-order valence-electron chi connectivity index (χ1n) is 9.46. The van der Waals surface area contributed by atoms with Crippen molar-refractivity contribution in [3.8, 4) is 11.1 Å². The highest BCUT2D eigenvalue weighted by molar-refractivity contribution is 6.30. The van der Waals surface area contributed by atoms with E-state index >= 15 is 0 Å². The van der Waals surface area contributed by atoms with E-state index in [1.54, 1.807) is 33.1 Å². The van der Waals surface area contributed by atoms with E-state index in [0.29, 0.717) is 21.9 Å². The summed E-state index contributed by atoms with van der Waals surface area (Å²) in [4.78, 5) is 29.0. The molecule has 4 aromatic rings. The molecule has 1 N–H and O–H groups in total. The Morgan fingerprint density at radius 1 is 1.19 bits per heavy atom. The molecule has 0 aliphatic rings. The molecule has 3 aromatic heterocycles. The van der Waals surface area contributed by atoms with Gasteiger partial charge in [0.1, 0.15) is 12.4 Å². The summed E-state index contributed by atoms with van der Waals surface area (Å²) >= 11 is 6.01. The number of fused-ring (bicyclic) bond motifs is 3. The molecule has 0 amide bonds. The van der Waals surface area contributed by atoms with Gasteiger partial charge in [0.25, 0.3) is 5.56 Å². The molecule has 0 saturated carbocycles. The molecule has 0 spiro atoms. The standard InChI is InChI=1S/C20H19ClN6O4/c1-10(2)16(20(29)30)26-9-22-18-15(19(26)28)23-24-17-14(11-4-6-12(21)7-5-11)13(8-31-3)25-27(17)18/h4-7,9-10,16H,8H2,1-3H3,(H,29,30). The summed E-state index contributed by atoms with van der Waals surface area (Å²) in [6.07, 6.45) is 1.21. The number of carbonyl (C=O) groups is 1. The lowest BCUT2D eigenvalue weighted by Gasteiger charge is -2.18. The highest BCUT2D eigenvalue weighted by Gasteiger charge is 2.27. The Bertz CT molecular complexity index is 1350. The summed E-state index contributed by atoms with van der Waals surface area (Å²) in [6.45, 7) is 3.63. The van der Waals surface area contributed by atoms with Crippen LogP contribution in [0.4, 0.5) is 0 Å². The van der Waals surface area contributed by atoms with Crippen LogP contribution in [-0.4, -0.2) is 47.5 Å². The van der Waals surface area contributed by atoms with Crippen LogP contribution in [0, 0.1) is 5.92 Å². The lowest BCUT2D eigenvalue weighted by molar-refractivity contribution is -0.142. The Morgan fingerprint density at radius 3 is 2.52 bits per heavy atom. The van der Waals surface area contributed by atoms with Crippen molar-refractivity contribution < 1.29 is 14.6 Å². The molecular weight excluding hydrogens is 424 g/mol. The first-order valence-corrected chi connectivity index (χ1v) is 9.84. The molecule has 1 unspecified atom stereocenters. The molecular formula is C20H19ClN6O4. The van der Waals surface area contributed by atoms with Gasteiger partial charge in [0, 0.05) is 12.1 Å². The van der Waals surface area contributed by atoms with Gasteiger partial charge >= 0.3 is 5.97 Å². The van der Waals surface area contributed by atoms with Gasteiger partial charge in [-0.1, -0.05) is 37.6 Å². The molecule has 0 bridgehead atoms. The van der Waals surface area contributed by atoms with Crippen molar-refractivity contribution in [2.75, 3.05) is 7.11 Å². The van der Waals surface area contributed by atoms with E-state index in [1.165, 1.54) is 10.8 Å². The SMILES string of the molecule is COCc1nn2c(nnc3c(=O)n(C(C(=O)O)C(C)C)cnc32)c1-c1ccc(Cl)cc1. The van der Waals surface area contributed by atoms with Crippen LogP contribution in [0.25, 0.3) is 27.9 Å². The number of carboxylic acid groups (broad SMARTS) is 1. The number of methoxy groups -OCH3 is 1. The molecule has 10 nitrogen and oxygen atoms in total. The monoisotopic (exact) mass is 442 g/mol. The summed E-state index contributed by atoms with van der Waals surface area (Å²) in [5.41, 5.74) is 1.97. The minimum atomic E-state index is -1.13. The van der Waals surface area contributed by atoms with Crippen LogP contribution in [0.5, 0.6) is 0 Å². The number of hydrogen-bond donors (Lipinski definition) is 1. The second-order valence-electron chi connectivity index (χ2n) is 7.35. The van der Waals surface area contributed by atoms with Crippen LogP contribution >= 0.6 is 11.6 Å². The smallest absolute Gasteiger partial charge is 0.327 e. The van der Waals surface area contributed by atoms with Crippen molar-refractivity contribution in [1.29, 1.82) is 0 Å².